The maximum Gasteiger partial charge on any atom is 0.355 e. The number of aromatic nitrogens is 2. The minimum atomic E-state index is -1.06. The summed E-state index contributed by atoms with van der Waals surface area (Å²) in [6.45, 7) is 0. The van der Waals surface area contributed by atoms with Crippen molar-refractivity contribution in [3.05, 3.63) is 60.6 Å². The Balaban J connectivity index is 2.17. The first kappa shape index (κ1) is 12.1. The van der Waals surface area contributed by atoms with Gasteiger partial charge in [0.25, 0.3) is 0 Å². The van der Waals surface area contributed by atoms with Crippen LogP contribution < -0.4 is 0 Å². The van der Waals surface area contributed by atoms with E-state index in [1.165, 1.54) is 0 Å². The molecule has 0 saturated heterocycles. The lowest BCUT2D eigenvalue weighted by Gasteiger charge is -2.00. The van der Waals surface area contributed by atoms with Crippen LogP contribution in [0.3, 0.4) is 0 Å². The fourth-order valence-electron chi connectivity index (χ4n) is 2.04. The number of hydrogen-bond acceptors (Lipinski definition) is 3. The molecule has 2 heterocycles. The molecule has 0 spiro atoms. The van der Waals surface area contributed by atoms with Gasteiger partial charge in [0, 0.05) is 35.1 Å². The average molecular weight is 265 g/mol. The topological polar surface area (TPSA) is 78.3 Å². The largest absolute Gasteiger partial charge is 0.476 e. The SMILES string of the molecule is O=C(O)C(=Nc1ccncc1)c1c[nH]c2ccccc12. The predicted molar refractivity (Wildman–Crippen MR) is 76.4 cm³/mol. The van der Waals surface area contributed by atoms with E-state index in [1.807, 2.05) is 24.3 Å². The molecule has 0 bridgehead atoms. The van der Waals surface area contributed by atoms with Crippen LogP contribution in [-0.2, 0) is 4.79 Å². The number of carboxylic acids is 1. The minimum Gasteiger partial charge on any atom is -0.476 e. The van der Waals surface area contributed by atoms with E-state index in [-0.39, 0.29) is 5.71 Å². The number of rotatable bonds is 3. The van der Waals surface area contributed by atoms with Crippen LogP contribution in [-0.4, -0.2) is 26.8 Å². The van der Waals surface area contributed by atoms with Crippen LogP contribution in [0.2, 0.25) is 0 Å². The molecule has 2 aromatic heterocycles. The summed E-state index contributed by atoms with van der Waals surface area (Å²) in [7, 11) is 0. The number of benzene rings is 1. The van der Waals surface area contributed by atoms with Crippen molar-refractivity contribution in [3.63, 3.8) is 0 Å². The van der Waals surface area contributed by atoms with Crippen molar-refractivity contribution in [2.24, 2.45) is 4.99 Å². The van der Waals surface area contributed by atoms with Crippen LogP contribution in [0, 0.1) is 0 Å². The van der Waals surface area contributed by atoms with E-state index in [9.17, 15) is 9.90 Å². The van der Waals surface area contributed by atoms with Gasteiger partial charge in [0.1, 0.15) is 0 Å². The van der Waals surface area contributed by atoms with Crippen molar-refractivity contribution in [3.8, 4) is 0 Å². The number of nitrogens with one attached hydrogen (secondary N) is 1. The zero-order valence-electron chi connectivity index (χ0n) is 10.4. The predicted octanol–water partition coefficient (Wildman–Crippen LogP) is 2.77. The Morgan fingerprint density at radius 1 is 1.15 bits per heavy atom. The van der Waals surface area contributed by atoms with Crippen molar-refractivity contribution in [1.82, 2.24) is 9.97 Å². The molecule has 2 N–H and O–H groups in total. The number of pyridine rings is 1. The normalized spacial score (nSPS) is 11.7. The van der Waals surface area contributed by atoms with Crippen LogP contribution in [0.1, 0.15) is 5.56 Å². The van der Waals surface area contributed by atoms with Crippen LogP contribution in [0.25, 0.3) is 10.9 Å². The Hall–Kier alpha value is -2.95. The Kier molecular flexibility index (Phi) is 3.01. The molecular formula is C15H11N3O2. The minimum absolute atomic E-state index is 0.00801. The summed E-state index contributed by atoms with van der Waals surface area (Å²) in [6.07, 6.45) is 4.82. The molecule has 5 nitrogen and oxygen atoms in total. The summed E-state index contributed by atoms with van der Waals surface area (Å²) in [5, 5.41) is 10.2. The maximum atomic E-state index is 11.5. The Morgan fingerprint density at radius 3 is 2.65 bits per heavy atom. The molecule has 98 valence electrons. The highest BCUT2D eigenvalue weighted by Crippen LogP contribution is 2.21. The van der Waals surface area contributed by atoms with Gasteiger partial charge in [0.05, 0.1) is 5.69 Å². The molecule has 3 aromatic rings. The highest BCUT2D eigenvalue weighted by molar-refractivity contribution is 6.45. The highest BCUT2D eigenvalue weighted by Gasteiger charge is 2.16. The van der Waals surface area contributed by atoms with Crippen LogP contribution >= 0.6 is 0 Å². The number of nitrogens with zero attached hydrogens (tertiary/aromatic N) is 2. The van der Waals surface area contributed by atoms with Crippen molar-refractivity contribution >= 4 is 28.3 Å². The van der Waals surface area contributed by atoms with Crippen LogP contribution in [0.5, 0.6) is 0 Å². The van der Waals surface area contributed by atoms with Gasteiger partial charge in [-0.25, -0.2) is 9.79 Å². The maximum absolute atomic E-state index is 11.5. The van der Waals surface area contributed by atoms with Gasteiger partial charge in [-0.05, 0) is 18.2 Å². The first-order valence-electron chi connectivity index (χ1n) is 6.04. The monoisotopic (exact) mass is 265 g/mol. The summed E-state index contributed by atoms with van der Waals surface area (Å²) in [6, 6.07) is 10.8. The second kappa shape index (κ2) is 4.97. The summed E-state index contributed by atoms with van der Waals surface area (Å²) in [5.41, 5.74) is 2.02. The van der Waals surface area contributed by atoms with E-state index in [0.717, 1.165) is 10.9 Å². The number of para-hydroxylation sites is 1. The van der Waals surface area contributed by atoms with Gasteiger partial charge < -0.3 is 10.1 Å². The Bertz CT molecular complexity index is 791. The quantitative estimate of drug-likeness (QED) is 0.715. The van der Waals surface area contributed by atoms with Gasteiger partial charge in [-0.2, -0.15) is 0 Å². The number of H-pyrrole nitrogens is 1. The number of aliphatic carboxylic acids is 1. The smallest absolute Gasteiger partial charge is 0.355 e. The van der Waals surface area contributed by atoms with Gasteiger partial charge in [-0.15, -0.1) is 0 Å². The number of hydrogen-bond donors (Lipinski definition) is 2. The standard InChI is InChI=1S/C15H11N3O2/c19-15(20)14(18-10-5-7-16-8-6-10)12-9-17-13-4-2-1-3-11(12)13/h1-9,17H,(H,19,20). The third-order valence-electron chi connectivity index (χ3n) is 2.95. The first-order valence-corrected chi connectivity index (χ1v) is 6.04. The molecule has 0 saturated carbocycles. The molecule has 0 aliphatic heterocycles. The van der Waals surface area contributed by atoms with E-state index in [2.05, 4.69) is 15.0 Å². The van der Waals surface area contributed by atoms with Crippen molar-refractivity contribution in [1.29, 1.82) is 0 Å². The molecule has 0 radical (unpaired) electrons. The lowest BCUT2D eigenvalue weighted by molar-refractivity contribution is -0.129. The molecule has 3 rings (SSSR count). The van der Waals surface area contributed by atoms with Crippen LogP contribution in [0.15, 0.2) is 60.0 Å². The second-order valence-electron chi connectivity index (χ2n) is 4.22. The van der Waals surface area contributed by atoms with Gasteiger partial charge in [-0.3, -0.25) is 4.98 Å². The summed E-state index contributed by atoms with van der Waals surface area (Å²) >= 11 is 0. The Morgan fingerprint density at radius 2 is 1.90 bits per heavy atom. The zero-order valence-corrected chi connectivity index (χ0v) is 10.4. The summed E-state index contributed by atoms with van der Waals surface area (Å²) in [4.78, 5) is 22.6. The van der Waals surface area contributed by atoms with Crippen molar-refractivity contribution in [2.45, 2.75) is 0 Å². The highest BCUT2D eigenvalue weighted by atomic mass is 16.4. The number of fused-ring (bicyclic) bond motifs is 1. The van der Waals surface area contributed by atoms with Gasteiger partial charge in [0.2, 0.25) is 0 Å². The Labute approximate surface area is 114 Å². The molecule has 0 atom stereocenters. The lowest BCUT2D eigenvalue weighted by Crippen LogP contribution is -2.13. The van der Waals surface area contributed by atoms with Crippen molar-refractivity contribution < 1.29 is 9.90 Å². The summed E-state index contributed by atoms with van der Waals surface area (Å²) < 4.78 is 0. The molecule has 0 unspecified atom stereocenters. The molecule has 5 heteroatoms. The van der Waals surface area contributed by atoms with E-state index in [1.54, 1.807) is 30.7 Å². The molecule has 0 fully saturated rings. The first-order chi connectivity index (χ1) is 9.75. The molecule has 20 heavy (non-hydrogen) atoms. The molecule has 1 aromatic carbocycles. The third kappa shape index (κ3) is 2.16. The molecule has 0 aliphatic rings. The van der Waals surface area contributed by atoms with Crippen molar-refractivity contribution in [2.75, 3.05) is 0 Å². The fraction of sp³-hybridized carbons (Fsp3) is 0. The van der Waals surface area contributed by atoms with Crippen LogP contribution in [0.4, 0.5) is 5.69 Å². The number of aromatic amines is 1. The van der Waals surface area contributed by atoms with Gasteiger partial charge in [-0.1, -0.05) is 18.2 Å². The molecular weight excluding hydrogens is 254 g/mol. The molecule has 0 aliphatic carbocycles. The number of carbonyl (C=O) groups is 1. The number of carboxylic acid groups (broad SMARTS) is 1. The fourth-order valence-corrected chi connectivity index (χ4v) is 2.04. The molecule has 0 amide bonds. The zero-order chi connectivity index (χ0) is 13.9. The lowest BCUT2D eigenvalue weighted by atomic mass is 10.1. The summed E-state index contributed by atoms with van der Waals surface area (Å²) in [5.74, 6) is -1.06. The van der Waals surface area contributed by atoms with E-state index < -0.39 is 5.97 Å². The van der Waals surface area contributed by atoms with E-state index >= 15 is 0 Å². The third-order valence-corrected chi connectivity index (χ3v) is 2.95. The second-order valence-corrected chi connectivity index (χ2v) is 4.22. The van der Waals surface area contributed by atoms with Gasteiger partial charge >= 0.3 is 5.97 Å². The van der Waals surface area contributed by atoms with E-state index in [0.29, 0.717) is 11.3 Å². The van der Waals surface area contributed by atoms with Gasteiger partial charge in [0.15, 0.2) is 5.71 Å². The number of aliphatic imine (C=N–C) groups is 1. The average Bonchev–Trinajstić information content (AvgIpc) is 2.89. The van der Waals surface area contributed by atoms with E-state index in [4.69, 9.17) is 0 Å².